The average Bonchev–Trinajstić information content (AvgIpc) is 3.31. The number of carbonyl (C=O) groups is 1. The Morgan fingerprint density at radius 3 is 2.41 bits per heavy atom. The van der Waals surface area contributed by atoms with E-state index >= 15 is 0 Å². The number of amides is 1. The number of rotatable bonds is 4. The Bertz CT molecular complexity index is 1120. The number of para-hydroxylation sites is 1. The molecule has 0 radical (unpaired) electrons. The maximum Gasteiger partial charge on any atom is 0.258 e. The fourth-order valence-corrected chi connectivity index (χ4v) is 3.74. The number of fused-ring (bicyclic) bond motifs is 1. The minimum atomic E-state index is -0.241. The molecule has 0 aliphatic carbocycles. The Morgan fingerprint density at radius 1 is 0.897 bits per heavy atom. The third-order valence-corrected chi connectivity index (χ3v) is 5.23. The lowest BCUT2D eigenvalue weighted by Gasteiger charge is -2.38. The molecule has 5 rings (SSSR count). The molecule has 3 aromatic carbocycles. The number of nitrogens with zero attached hydrogens (tertiary/aromatic N) is 3. The molecule has 1 N–H and O–H groups in total. The van der Waals surface area contributed by atoms with Crippen molar-refractivity contribution in [2.75, 3.05) is 5.32 Å². The van der Waals surface area contributed by atoms with Gasteiger partial charge in [0, 0.05) is 30.3 Å². The van der Waals surface area contributed by atoms with Crippen molar-refractivity contribution >= 4 is 11.6 Å². The fourth-order valence-electron chi connectivity index (χ4n) is 3.74. The van der Waals surface area contributed by atoms with Crippen LogP contribution in [0.2, 0.25) is 0 Å². The van der Waals surface area contributed by atoms with Gasteiger partial charge in [-0.3, -0.25) is 4.79 Å². The van der Waals surface area contributed by atoms with Crippen molar-refractivity contribution in [2.24, 2.45) is 0 Å². The van der Waals surface area contributed by atoms with E-state index in [1.165, 1.54) is 0 Å². The normalized spacial score (nSPS) is 15.7. The van der Waals surface area contributed by atoms with Gasteiger partial charge in [-0.25, -0.2) is 4.98 Å². The minimum Gasteiger partial charge on any atom is -0.361 e. The van der Waals surface area contributed by atoms with Gasteiger partial charge in [0.2, 0.25) is 0 Å². The molecule has 0 fully saturated rings. The maximum absolute atomic E-state index is 13.3. The summed E-state index contributed by atoms with van der Waals surface area (Å²) < 4.78 is 1.96. The van der Waals surface area contributed by atoms with E-state index in [9.17, 15) is 4.79 Å². The molecular weight excluding hydrogens is 360 g/mol. The van der Waals surface area contributed by atoms with Crippen molar-refractivity contribution in [1.29, 1.82) is 0 Å². The van der Waals surface area contributed by atoms with Crippen LogP contribution in [0.4, 0.5) is 5.69 Å². The standard InChI is InChI=1S/C24H20N4O/c29-24-21-8-4-5-9-22(21)26-23(28(24)16-18-6-2-1-3-7-18)19-10-12-20(13-11-19)27-15-14-25-17-27/h1-15,17,23,26H,16H2/t23-/m0/s1. The summed E-state index contributed by atoms with van der Waals surface area (Å²) in [4.78, 5) is 19.3. The van der Waals surface area contributed by atoms with Crippen molar-refractivity contribution in [2.45, 2.75) is 12.7 Å². The van der Waals surface area contributed by atoms with E-state index in [0.29, 0.717) is 12.1 Å². The molecule has 1 amide bonds. The number of benzene rings is 3. The monoisotopic (exact) mass is 380 g/mol. The highest BCUT2D eigenvalue weighted by Gasteiger charge is 2.32. The molecule has 0 spiro atoms. The second kappa shape index (κ2) is 7.28. The van der Waals surface area contributed by atoms with E-state index in [1.54, 1.807) is 12.5 Å². The molecule has 0 saturated carbocycles. The summed E-state index contributed by atoms with van der Waals surface area (Å²) in [6.07, 6.45) is 5.20. The molecule has 1 atom stereocenters. The highest BCUT2D eigenvalue weighted by molar-refractivity contribution is 6.01. The van der Waals surface area contributed by atoms with Gasteiger partial charge in [-0.05, 0) is 35.4 Å². The molecule has 29 heavy (non-hydrogen) atoms. The van der Waals surface area contributed by atoms with Gasteiger partial charge in [-0.1, -0.05) is 54.6 Å². The van der Waals surface area contributed by atoms with Crippen LogP contribution in [0, 0.1) is 0 Å². The first-order valence-corrected chi connectivity index (χ1v) is 9.58. The quantitative estimate of drug-likeness (QED) is 0.561. The van der Waals surface area contributed by atoms with E-state index < -0.39 is 0 Å². The molecule has 5 nitrogen and oxygen atoms in total. The van der Waals surface area contributed by atoms with Crippen LogP contribution in [0.5, 0.6) is 0 Å². The number of hydrogen-bond donors (Lipinski definition) is 1. The lowest BCUT2D eigenvalue weighted by Crippen LogP contribution is -2.42. The molecule has 5 heteroatoms. The van der Waals surface area contributed by atoms with E-state index in [1.807, 2.05) is 82.4 Å². The zero-order valence-corrected chi connectivity index (χ0v) is 15.8. The Morgan fingerprint density at radius 2 is 1.66 bits per heavy atom. The molecule has 1 aliphatic rings. The number of nitrogens with one attached hydrogen (secondary N) is 1. The molecule has 142 valence electrons. The summed E-state index contributed by atoms with van der Waals surface area (Å²) in [6.45, 7) is 0.537. The predicted molar refractivity (Wildman–Crippen MR) is 113 cm³/mol. The number of aromatic nitrogens is 2. The second-order valence-electron chi connectivity index (χ2n) is 7.07. The van der Waals surface area contributed by atoms with Crippen LogP contribution in [0.1, 0.15) is 27.7 Å². The number of anilines is 1. The van der Waals surface area contributed by atoms with E-state index in [4.69, 9.17) is 0 Å². The summed E-state index contributed by atoms with van der Waals surface area (Å²) in [7, 11) is 0. The van der Waals surface area contributed by atoms with Gasteiger partial charge < -0.3 is 14.8 Å². The zero-order chi connectivity index (χ0) is 19.6. The summed E-state index contributed by atoms with van der Waals surface area (Å²) in [5, 5.41) is 3.55. The van der Waals surface area contributed by atoms with Gasteiger partial charge >= 0.3 is 0 Å². The van der Waals surface area contributed by atoms with Gasteiger partial charge in [-0.2, -0.15) is 0 Å². The first kappa shape index (κ1) is 17.3. The maximum atomic E-state index is 13.3. The first-order chi connectivity index (χ1) is 14.3. The summed E-state index contributed by atoms with van der Waals surface area (Å²) in [5.74, 6) is 0.0342. The molecule has 0 bridgehead atoms. The number of hydrogen-bond acceptors (Lipinski definition) is 3. The van der Waals surface area contributed by atoms with Crippen molar-refractivity contribution in [3.8, 4) is 5.69 Å². The van der Waals surface area contributed by atoms with Crippen molar-refractivity contribution in [3.05, 3.63) is 114 Å². The van der Waals surface area contributed by atoms with Crippen molar-refractivity contribution in [1.82, 2.24) is 14.5 Å². The smallest absolute Gasteiger partial charge is 0.258 e. The van der Waals surface area contributed by atoms with Gasteiger partial charge in [-0.15, -0.1) is 0 Å². The minimum absolute atomic E-state index is 0.0342. The second-order valence-corrected chi connectivity index (χ2v) is 7.07. The van der Waals surface area contributed by atoms with Gasteiger partial charge in [0.15, 0.2) is 0 Å². The largest absolute Gasteiger partial charge is 0.361 e. The molecule has 1 aromatic heterocycles. The molecule has 4 aromatic rings. The molecular formula is C24H20N4O. The summed E-state index contributed by atoms with van der Waals surface area (Å²) in [6, 6.07) is 26.0. The van der Waals surface area contributed by atoms with Crippen LogP contribution in [0.3, 0.4) is 0 Å². The zero-order valence-electron chi connectivity index (χ0n) is 15.8. The van der Waals surface area contributed by atoms with Crippen LogP contribution in [0.25, 0.3) is 5.69 Å². The van der Waals surface area contributed by atoms with Crippen LogP contribution in [-0.2, 0) is 6.54 Å². The Kier molecular flexibility index (Phi) is 4.33. The van der Waals surface area contributed by atoms with E-state index in [-0.39, 0.29) is 12.1 Å². The third-order valence-electron chi connectivity index (χ3n) is 5.23. The highest BCUT2D eigenvalue weighted by Crippen LogP contribution is 2.34. The van der Waals surface area contributed by atoms with Gasteiger partial charge in [0.25, 0.3) is 5.91 Å². The van der Waals surface area contributed by atoms with E-state index in [2.05, 4.69) is 22.4 Å². The molecule has 1 aliphatic heterocycles. The average molecular weight is 380 g/mol. The first-order valence-electron chi connectivity index (χ1n) is 9.58. The van der Waals surface area contributed by atoms with Gasteiger partial charge in [0.05, 0.1) is 11.9 Å². The lowest BCUT2D eigenvalue weighted by molar-refractivity contribution is 0.0666. The summed E-state index contributed by atoms with van der Waals surface area (Å²) in [5.41, 5.74) is 4.73. The summed E-state index contributed by atoms with van der Waals surface area (Å²) >= 11 is 0. The third kappa shape index (κ3) is 3.27. The van der Waals surface area contributed by atoms with Crippen molar-refractivity contribution < 1.29 is 4.79 Å². The fraction of sp³-hybridized carbons (Fsp3) is 0.0833. The van der Waals surface area contributed by atoms with Crippen molar-refractivity contribution in [3.63, 3.8) is 0 Å². The highest BCUT2D eigenvalue weighted by atomic mass is 16.2. The molecule has 0 saturated heterocycles. The van der Waals surface area contributed by atoms with E-state index in [0.717, 1.165) is 22.5 Å². The Balaban J connectivity index is 1.52. The lowest BCUT2D eigenvalue weighted by atomic mass is 10.0. The Labute approximate surface area is 169 Å². The number of imidazole rings is 1. The van der Waals surface area contributed by atoms with Gasteiger partial charge in [0.1, 0.15) is 6.17 Å². The Hall–Kier alpha value is -3.86. The molecule has 0 unspecified atom stereocenters. The molecule has 2 heterocycles. The predicted octanol–water partition coefficient (Wildman–Crippen LogP) is 4.64. The van der Waals surface area contributed by atoms with Crippen LogP contribution >= 0.6 is 0 Å². The van der Waals surface area contributed by atoms with Crippen LogP contribution < -0.4 is 5.32 Å². The van der Waals surface area contributed by atoms with Crippen LogP contribution in [0.15, 0.2) is 97.6 Å². The topological polar surface area (TPSA) is 50.2 Å². The number of carbonyl (C=O) groups excluding carboxylic acids is 1. The SMILES string of the molecule is O=C1c2ccccc2N[C@H](c2ccc(-n3ccnc3)cc2)N1Cc1ccccc1. The van der Waals surface area contributed by atoms with Crippen LogP contribution in [-0.4, -0.2) is 20.4 Å².